The number of aliphatic carboxylic acids is 1. The normalized spacial score (nSPS) is 21.0. The van der Waals surface area contributed by atoms with Crippen LogP contribution in [0.5, 0.6) is 11.5 Å². The molecule has 2 aliphatic heterocycles. The summed E-state index contributed by atoms with van der Waals surface area (Å²) in [5.74, 6) is -0.583. The van der Waals surface area contributed by atoms with Gasteiger partial charge in [0.25, 0.3) is 0 Å². The fraction of sp³-hybridized carbons (Fsp3) is 0.538. The van der Waals surface area contributed by atoms with Gasteiger partial charge in [0.2, 0.25) is 12.7 Å². The smallest absolute Gasteiger partial charge is 0.308 e. The van der Waals surface area contributed by atoms with E-state index in [2.05, 4.69) is 16.9 Å². The number of aryl methyl sites for hydroxylation is 1. The number of benzene rings is 1. The maximum absolute atomic E-state index is 13.3. The Morgan fingerprint density at radius 2 is 2.06 bits per heavy atom. The Labute approximate surface area is 211 Å². The molecule has 2 aromatic rings. The number of rotatable bonds is 12. The van der Waals surface area contributed by atoms with Crippen LogP contribution in [-0.2, 0) is 16.0 Å². The Bertz CT molecular complexity index is 1040. The molecule has 1 aromatic carbocycles. The number of carbonyl (C=O) groups excluding carboxylic acids is 1. The van der Waals surface area contributed by atoms with E-state index in [-0.39, 0.29) is 31.2 Å². The summed E-state index contributed by atoms with van der Waals surface area (Å²) in [5, 5.41) is 10.3. The fourth-order valence-corrected chi connectivity index (χ4v) is 5.24. The van der Waals surface area contributed by atoms with E-state index < -0.39 is 11.9 Å². The minimum absolute atomic E-state index is 0.0172. The van der Waals surface area contributed by atoms with Crippen LogP contribution < -0.4 is 15.2 Å². The standard InChI is InChI=1S/C26H35N5O5/c1-2-3-11-30(12-9-27)24(32)15-31-14-20(18-4-7-22-23(13-18)36-17-35-22)25(26(33)34)21(31)6-5-19-8-10-28-16-29-19/h4,7-8,10,13,16,20-21,25H,2-3,5-6,9,11-12,14-15,17,27H2,1H3,(H,33,34)/t20-,21+,25-/m1/s1. The largest absolute Gasteiger partial charge is 0.481 e. The van der Waals surface area contributed by atoms with Crippen LogP contribution in [0.1, 0.15) is 43.4 Å². The van der Waals surface area contributed by atoms with Gasteiger partial charge in [-0.2, -0.15) is 0 Å². The highest BCUT2D eigenvalue weighted by Gasteiger charge is 2.47. The predicted molar refractivity (Wildman–Crippen MR) is 133 cm³/mol. The molecule has 0 unspecified atom stereocenters. The first-order valence-corrected chi connectivity index (χ1v) is 12.6. The SMILES string of the molecule is CCCCN(CCN)C(=O)CN1C[C@H](c2ccc3c(c2)OCO3)[C@@H](C(=O)O)[C@@H]1CCc1ccncn1. The van der Waals surface area contributed by atoms with Crippen molar-refractivity contribution in [3.8, 4) is 11.5 Å². The van der Waals surface area contributed by atoms with Gasteiger partial charge in [0, 0.05) is 50.0 Å². The summed E-state index contributed by atoms with van der Waals surface area (Å²) in [7, 11) is 0. The van der Waals surface area contributed by atoms with Gasteiger partial charge in [-0.15, -0.1) is 0 Å². The Hall–Kier alpha value is -3.24. The third-order valence-corrected chi connectivity index (χ3v) is 7.07. The average molecular weight is 498 g/mol. The monoisotopic (exact) mass is 497 g/mol. The molecule has 3 atom stereocenters. The van der Waals surface area contributed by atoms with Crippen LogP contribution in [0.15, 0.2) is 36.8 Å². The topological polar surface area (TPSA) is 131 Å². The number of ether oxygens (including phenoxy) is 2. The van der Waals surface area contributed by atoms with Gasteiger partial charge in [0.05, 0.1) is 12.5 Å². The molecular formula is C26H35N5O5. The molecule has 4 rings (SSSR count). The van der Waals surface area contributed by atoms with Crippen LogP contribution in [0.25, 0.3) is 0 Å². The first-order chi connectivity index (χ1) is 17.5. The zero-order valence-corrected chi connectivity index (χ0v) is 20.7. The van der Waals surface area contributed by atoms with Crippen molar-refractivity contribution in [1.29, 1.82) is 0 Å². The second-order valence-electron chi connectivity index (χ2n) is 9.34. The summed E-state index contributed by atoms with van der Waals surface area (Å²) < 4.78 is 11.0. The number of carboxylic acid groups (broad SMARTS) is 1. The van der Waals surface area contributed by atoms with E-state index >= 15 is 0 Å². The van der Waals surface area contributed by atoms with E-state index in [1.165, 1.54) is 6.33 Å². The molecule has 2 aliphatic rings. The van der Waals surface area contributed by atoms with E-state index in [0.29, 0.717) is 50.5 Å². The van der Waals surface area contributed by atoms with E-state index in [9.17, 15) is 14.7 Å². The van der Waals surface area contributed by atoms with Gasteiger partial charge in [0.1, 0.15) is 6.33 Å². The number of carboxylic acids is 1. The molecule has 194 valence electrons. The number of aromatic nitrogens is 2. The van der Waals surface area contributed by atoms with Crippen molar-refractivity contribution in [2.75, 3.05) is 39.5 Å². The van der Waals surface area contributed by atoms with Crippen LogP contribution in [0, 0.1) is 5.92 Å². The van der Waals surface area contributed by atoms with Gasteiger partial charge in [0.15, 0.2) is 11.5 Å². The van der Waals surface area contributed by atoms with Gasteiger partial charge >= 0.3 is 5.97 Å². The lowest BCUT2D eigenvalue weighted by molar-refractivity contribution is -0.143. The van der Waals surface area contributed by atoms with Crippen molar-refractivity contribution in [2.45, 2.75) is 44.6 Å². The molecule has 3 heterocycles. The molecule has 1 fully saturated rings. The van der Waals surface area contributed by atoms with E-state index in [0.717, 1.165) is 24.1 Å². The number of hydrogen-bond donors (Lipinski definition) is 2. The maximum Gasteiger partial charge on any atom is 0.308 e. The molecule has 10 nitrogen and oxygen atoms in total. The summed E-state index contributed by atoms with van der Waals surface area (Å²) in [4.78, 5) is 38.0. The lowest BCUT2D eigenvalue weighted by atomic mass is 9.83. The molecule has 0 bridgehead atoms. The minimum Gasteiger partial charge on any atom is -0.481 e. The Morgan fingerprint density at radius 3 is 2.78 bits per heavy atom. The van der Waals surface area contributed by atoms with Crippen LogP contribution >= 0.6 is 0 Å². The van der Waals surface area contributed by atoms with Crippen molar-refractivity contribution in [1.82, 2.24) is 19.8 Å². The average Bonchev–Trinajstić information content (AvgIpc) is 3.50. The number of nitrogens with zero attached hydrogens (tertiary/aromatic N) is 4. The summed E-state index contributed by atoms with van der Waals surface area (Å²) >= 11 is 0. The van der Waals surface area contributed by atoms with Crippen molar-refractivity contribution in [3.05, 3.63) is 48.0 Å². The first kappa shape index (κ1) is 25.8. The molecule has 1 aromatic heterocycles. The zero-order chi connectivity index (χ0) is 25.5. The molecule has 3 N–H and O–H groups in total. The number of unbranched alkanes of at least 4 members (excludes halogenated alkanes) is 1. The molecule has 0 saturated carbocycles. The van der Waals surface area contributed by atoms with Crippen molar-refractivity contribution < 1.29 is 24.2 Å². The lowest BCUT2D eigenvalue weighted by Crippen LogP contribution is -2.45. The number of amides is 1. The van der Waals surface area contributed by atoms with Crippen LogP contribution in [0.3, 0.4) is 0 Å². The van der Waals surface area contributed by atoms with E-state index in [1.54, 1.807) is 11.1 Å². The van der Waals surface area contributed by atoms with Gasteiger partial charge in [-0.25, -0.2) is 9.97 Å². The van der Waals surface area contributed by atoms with Crippen molar-refractivity contribution >= 4 is 11.9 Å². The summed E-state index contributed by atoms with van der Waals surface area (Å²) in [5.41, 5.74) is 7.49. The number of carbonyl (C=O) groups is 2. The highest BCUT2D eigenvalue weighted by atomic mass is 16.7. The summed E-state index contributed by atoms with van der Waals surface area (Å²) in [6.07, 6.45) is 6.22. The third-order valence-electron chi connectivity index (χ3n) is 7.07. The molecule has 0 spiro atoms. The quantitative estimate of drug-likeness (QED) is 0.451. The maximum atomic E-state index is 13.3. The van der Waals surface area contributed by atoms with E-state index in [1.807, 2.05) is 29.2 Å². The highest BCUT2D eigenvalue weighted by molar-refractivity contribution is 5.79. The second kappa shape index (κ2) is 12.1. The number of hydrogen-bond acceptors (Lipinski definition) is 8. The number of nitrogens with two attached hydrogens (primary N) is 1. The first-order valence-electron chi connectivity index (χ1n) is 12.6. The fourth-order valence-electron chi connectivity index (χ4n) is 5.24. The predicted octanol–water partition coefficient (Wildman–Crippen LogP) is 1.89. The van der Waals surface area contributed by atoms with Gasteiger partial charge in [-0.05, 0) is 43.0 Å². The molecule has 36 heavy (non-hydrogen) atoms. The zero-order valence-electron chi connectivity index (χ0n) is 20.7. The molecule has 0 aliphatic carbocycles. The van der Waals surface area contributed by atoms with Crippen molar-refractivity contribution in [2.24, 2.45) is 11.7 Å². The van der Waals surface area contributed by atoms with Gasteiger partial charge < -0.3 is 25.2 Å². The molecular weight excluding hydrogens is 462 g/mol. The minimum atomic E-state index is -0.870. The molecule has 10 heteroatoms. The van der Waals surface area contributed by atoms with Crippen LogP contribution in [0.2, 0.25) is 0 Å². The molecule has 1 amide bonds. The summed E-state index contributed by atoms with van der Waals surface area (Å²) in [6, 6.07) is 7.11. The van der Waals surface area contributed by atoms with Crippen molar-refractivity contribution in [3.63, 3.8) is 0 Å². The lowest BCUT2D eigenvalue weighted by Gasteiger charge is -2.29. The Morgan fingerprint density at radius 1 is 1.22 bits per heavy atom. The van der Waals surface area contributed by atoms with Gasteiger partial charge in [-0.3, -0.25) is 14.5 Å². The number of likely N-dealkylation sites (tertiary alicyclic amines) is 1. The Balaban J connectivity index is 1.59. The molecule has 0 radical (unpaired) electrons. The Kier molecular flexibility index (Phi) is 8.71. The molecule has 1 saturated heterocycles. The van der Waals surface area contributed by atoms with Crippen LogP contribution in [0.4, 0.5) is 0 Å². The second-order valence-corrected chi connectivity index (χ2v) is 9.34. The van der Waals surface area contributed by atoms with Crippen LogP contribution in [-0.4, -0.2) is 82.3 Å². The highest BCUT2D eigenvalue weighted by Crippen LogP contribution is 2.42. The third kappa shape index (κ3) is 5.93. The summed E-state index contributed by atoms with van der Waals surface area (Å²) in [6.45, 7) is 4.39. The van der Waals surface area contributed by atoms with Gasteiger partial charge in [-0.1, -0.05) is 19.4 Å². The van der Waals surface area contributed by atoms with E-state index in [4.69, 9.17) is 15.2 Å². The number of fused-ring (bicyclic) bond motifs is 1.